The molecule has 0 spiro atoms. The van der Waals surface area contributed by atoms with E-state index in [2.05, 4.69) is 27.4 Å². The maximum absolute atomic E-state index is 12.7. The van der Waals surface area contributed by atoms with Gasteiger partial charge in [0.05, 0.1) is 6.54 Å². The molecular weight excluding hydrogens is 446 g/mol. The SMILES string of the molecule is CCCCn1c(=O)[nH]c(=O)c2c1nc(CN1CCCCC1CNC(=O)Nc1ccccc1)n2CC. The van der Waals surface area contributed by atoms with Crippen molar-refractivity contribution in [3.05, 3.63) is 57.0 Å². The standard InChI is InChI=1S/C25H35N7O3/c1-3-5-15-32-22-21(23(33)29-25(32)35)31(4-2)20(28-22)17-30-14-10-9-13-19(30)16-26-24(34)27-18-11-7-6-8-12-18/h6-8,11-12,19H,3-5,9-10,13-17H2,1-2H3,(H2,26,27,34)(H,29,33,35). The molecule has 10 heteroatoms. The first-order valence-corrected chi connectivity index (χ1v) is 12.6. The number of carbonyl (C=O) groups is 1. The zero-order valence-electron chi connectivity index (χ0n) is 20.5. The van der Waals surface area contributed by atoms with Crippen LogP contribution in [0.3, 0.4) is 0 Å². The first kappa shape index (κ1) is 24.7. The topological polar surface area (TPSA) is 117 Å². The third kappa shape index (κ3) is 5.64. The lowest BCUT2D eigenvalue weighted by molar-refractivity contribution is 0.134. The Labute approximate surface area is 204 Å². The Bertz CT molecular complexity index is 1260. The van der Waals surface area contributed by atoms with Crippen LogP contribution < -0.4 is 21.9 Å². The Morgan fingerprint density at radius 3 is 2.69 bits per heavy atom. The number of para-hydroxylation sites is 1. The van der Waals surface area contributed by atoms with Crippen LogP contribution in [0.25, 0.3) is 11.2 Å². The Morgan fingerprint density at radius 1 is 1.14 bits per heavy atom. The Balaban J connectivity index is 1.53. The van der Waals surface area contributed by atoms with Gasteiger partial charge in [-0.2, -0.15) is 0 Å². The zero-order chi connectivity index (χ0) is 24.8. The summed E-state index contributed by atoms with van der Waals surface area (Å²) in [5, 5.41) is 5.86. The molecule has 1 atom stereocenters. The molecule has 10 nitrogen and oxygen atoms in total. The number of unbranched alkanes of at least 4 members (excludes halogenated alkanes) is 1. The van der Waals surface area contributed by atoms with Gasteiger partial charge in [0, 0.05) is 31.4 Å². The van der Waals surface area contributed by atoms with Crippen molar-refractivity contribution in [1.29, 1.82) is 0 Å². The number of hydrogen-bond donors (Lipinski definition) is 3. The third-order valence-electron chi connectivity index (χ3n) is 6.64. The fourth-order valence-electron chi connectivity index (χ4n) is 4.79. The molecule has 1 saturated heterocycles. The van der Waals surface area contributed by atoms with Crippen molar-refractivity contribution < 1.29 is 4.79 Å². The van der Waals surface area contributed by atoms with Gasteiger partial charge in [0.1, 0.15) is 5.82 Å². The van der Waals surface area contributed by atoms with E-state index in [1.54, 1.807) is 4.57 Å². The predicted molar refractivity (Wildman–Crippen MR) is 137 cm³/mol. The minimum atomic E-state index is -0.410. The van der Waals surface area contributed by atoms with E-state index in [4.69, 9.17) is 4.98 Å². The molecule has 1 aliphatic heterocycles. The highest BCUT2D eigenvalue weighted by Gasteiger charge is 2.26. The van der Waals surface area contributed by atoms with Gasteiger partial charge in [-0.1, -0.05) is 38.0 Å². The van der Waals surface area contributed by atoms with Gasteiger partial charge in [-0.15, -0.1) is 0 Å². The first-order chi connectivity index (χ1) is 17.0. The van der Waals surface area contributed by atoms with Gasteiger partial charge in [0.15, 0.2) is 11.2 Å². The maximum atomic E-state index is 12.7. The smallest absolute Gasteiger partial charge is 0.330 e. The molecule has 3 aromatic rings. The van der Waals surface area contributed by atoms with Crippen LogP contribution in [-0.2, 0) is 19.6 Å². The summed E-state index contributed by atoms with van der Waals surface area (Å²) in [6, 6.07) is 9.30. The molecule has 1 fully saturated rings. The van der Waals surface area contributed by atoms with Crippen LogP contribution in [0.2, 0.25) is 0 Å². The largest absolute Gasteiger partial charge is 0.336 e. The average molecular weight is 482 g/mol. The number of nitrogens with one attached hydrogen (secondary N) is 3. The van der Waals surface area contributed by atoms with Crippen molar-refractivity contribution in [2.75, 3.05) is 18.4 Å². The van der Waals surface area contributed by atoms with Crippen LogP contribution in [0.5, 0.6) is 0 Å². The summed E-state index contributed by atoms with van der Waals surface area (Å²) in [6.07, 6.45) is 4.92. The summed E-state index contributed by atoms with van der Waals surface area (Å²) in [5.41, 5.74) is 0.854. The molecule has 1 aliphatic rings. The maximum Gasteiger partial charge on any atom is 0.330 e. The summed E-state index contributed by atoms with van der Waals surface area (Å²) in [6.45, 7) is 7.11. The predicted octanol–water partition coefficient (Wildman–Crippen LogP) is 2.88. The number of aromatic amines is 1. The van der Waals surface area contributed by atoms with Crippen LogP contribution in [0.4, 0.5) is 10.5 Å². The number of aryl methyl sites for hydroxylation is 2. The van der Waals surface area contributed by atoms with Gasteiger partial charge in [-0.05, 0) is 44.9 Å². The van der Waals surface area contributed by atoms with Gasteiger partial charge >= 0.3 is 11.7 Å². The summed E-state index contributed by atoms with van der Waals surface area (Å²) < 4.78 is 3.50. The molecule has 0 saturated carbocycles. The second-order valence-electron chi connectivity index (χ2n) is 9.03. The van der Waals surface area contributed by atoms with Gasteiger partial charge in [-0.25, -0.2) is 14.6 Å². The van der Waals surface area contributed by atoms with E-state index in [1.165, 1.54) is 0 Å². The number of hydrogen-bond acceptors (Lipinski definition) is 5. The number of nitrogens with zero attached hydrogens (tertiary/aromatic N) is 4. The number of carbonyl (C=O) groups excluding carboxylic acids is 1. The molecule has 4 rings (SSSR count). The van der Waals surface area contributed by atoms with E-state index in [-0.39, 0.29) is 12.1 Å². The number of aromatic nitrogens is 4. The van der Waals surface area contributed by atoms with Gasteiger partial charge in [-0.3, -0.25) is 19.2 Å². The number of H-pyrrole nitrogens is 1. The molecule has 2 amide bonds. The second-order valence-corrected chi connectivity index (χ2v) is 9.03. The van der Waals surface area contributed by atoms with E-state index in [9.17, 15) is 14.4 Å². The molecular formula is C25H35N7O3. The quantitative estimate of drug-likeness (QED) is 0.434. The molecule has 1 aromatic carbocycles. The Kier molecular flexibility index (Phi) is 8.02. The van der Waals surface area contributed by atoms with Gasteiger partial charge < -0.3 is 15.2 Å². The van der Waals surface area contributed by atoms with Crippen LogP contribution in [0.1, 0.15) is 51.8 Å². The van der Waals surface area contributed by atoms with Gasteiger partial charge in [0.25, 0.3) is 5.56 Å². The Morgan fingerprint density at radius 2 is 1.94 bits per heavy atom. The number of likely N-dealkylation sites (tertiary alicyclic amines) is 1. The normalized spacial score (nSPS) is 16.5. The Hall–Kier alpha value is -3.40. The van der Waals surface area contributed by atoms with Crippen LogP contribution in [0.15, 0.2) is 39.9 Å². The molecule has 0 aliphatic carbocycles. The number of urea groups is 1. The molecule has 3 heterocycles. The minimum absolute atomic E-state index is 0.163. The monoisotopic (exact) mass is 481 g/mol. The molecule has 188 valence electrons. The van der Waals surface area contributed by atoms with E-state index in [0.717, 1.165) is 50.2 Å². The van der Waals surface area contributed by atoms with Crippen molar-refractivity contribution in [3.63, 3.8) is 0 Å². The highest BCUT2D eigenvalue weighted by Crippen LogP contribution is 2.21. The summed E-state index contributed by atoms with van der Waals surface area (Å²) >= 11 is 0. The molecule has 2 aromatic heterocycles. The first-order valence-electron chi connectivity index (χ1n) is 12.6. The number of imidazole rings is 1. The molecule has 3 N–H and O–H groups in total. The number of benzene rings is 1. The van der Waals surface area contributed by atoms with Crippen molar-refractivity contribution in [2.45, 2.75) is 71.6 Å². The van der Waals surface area contributed by atoms with E-state index < -0.39 is 11.2 Å². The highest BCUT2D eigenvalue weighted by atomic mass is 16.2. The van der Waals surface area contributed by atoms with Crippen LogP contribution in [-0.4, -0.2) is 49.2 Å². The molecule has 0 bridgehead atoms. The highest BCUT2D eigenvalue weighted by molar-refractivity contribution is 5.89. The number of fused-ring (bicyclic) bond motifs is 1. The second kappa shape index (κ2) is 11.4. The van der Waals surface area contributed by atoms with E-state index >= 15 is 0 Å². The number of piperidine rings is 1. The lowest BCUT2D eigenvalue weighted by atomic mass is 10.0. The van der Waals surface area contributed by atoms with Crippen molar-refractivity contribution >= 4 is 22.9 Å². The minimum Gasteiger partial charge on any atom is -0.336 e. The lowest BCUT2D eigenvalue weighted by Crippen LogP contribution is -2.47. The van der Waals surface area contributed by atoms with Gasteiger partial charge in [0.2, 0.25) is 0 Å². The number of amides is 2. The summed E-state index contributed by atoms with van der Waals surface area (Å²) in [5.74, 6) is 0.768. The fourth-order valence-corrected chi connectivity index (χ4v) is 4.79. The molecule has 0 radical (unpaired) electrons. The third-order valence-corrected chi connectivity index (χ3v) is 6.64. The molecule has 1 unspecified atom stereocenters. The summed E-state index contributed by atoms with van der Waals surface area (Å²) in [7, 11) is 0. The number of anilines is 1. The lowest BCUT2D eigenvalue weighted by Gasteiger charge is -2.35. The van der Waals surface area contributed by atoms with Crippen LogP contribution >= 0.6 is 0 Å². The fraction of sp³-hybridized carbons (Fsp3) is 0.520. The molecule has 35 heavy (non-hydrogen) atoms. The van der Waals surface area contributed by atoms with E-state index in [1.807, 2.05) is 41.8 Å². The average Bonchev–Trinajstić information content (AvgIpc) is 3.22. The van der Waals surface area contributed by atoms with Crippen molar-refractivity contribution in [2.24, 2.45) is 0 Å². The van der Waals surface area contributed by atoms with Crippen LogP contribution in [0, 0.1) is 0 Å². The number of rotatable bonds is 9. The summed E-state index contributed by atoms with van der Waals surface area (Å²) in [4.78, 5) is 47.2. The van der Waals surface area contributed by atoms with E-state index in [0.29, 0.717) is 37.3 Å². The van der Waals surface area contributed by atoms with Crippen molar-refractivity contribution in [1.82, 2.24) is 29.3 Å². The zero-order valence-corrected chi connectivity index (χ0v) is 20.5. The van der Waals surface area contributed by atoms with Crippen molar-refractivity contribution in [3.8, 4) is 0 Å².